The number of sulfone groups is 1. The fraction of sp³-hybridized carbons (Fsp3) is 0.625. The van der Waals surface area contributed by atoms with Gasteiger partial charge in [0.1, 0.15) is 17.9 Å². The van der Waals surface area contributed by atoms with Gasteiger partial charge in [-0.1, -0.05) is 19.1 Å². The Morgan fingerprint density at radius 2 is 1.77 bits per heavy atom. The SMILES string of the molecule is CCC(N1CCN(C(=O)OC(C)(C)C)CCC1=O)N1C(=O)OC(c2ccc(S(C)(=O)=O)cc2)C1C. The summed E-state index contributed by atoms with van der Waals surface area (Å²) in [5.41, 5.74) is 0.0383. The van der Waals surface area contributed by atoms with Crippen molar-refractivity contribution in [3.05, 3.63) is 29.8 Å². The van der Waals surface area contributed by atoms with E-state index in [-0.39, 0.29) is 30.3 Å². The summed E-state index contributed by atoms with van der Waals surface area (Å²) in [5.74, 6) is -0.149. The largest absolute Gasteiger partial charge is 0.444 e. The number of nitrogens with zero attached hydrogens (tertiary/aromatic N) is 3. The third kappa shape index (κ3) is 6.06. The second kappa shape index (κ2) is 10.0. The Balaban J connectivity index is 1.77. The first-order chi connectivity index (χ1) is 16.2. The second-order valence-corrected chi connectivity index (χ2v) is 12.0. The lowest BCUT2D eigenvalue weighted by atomic mass is 10.0. The average molecular weight is 510 g/mol. The molecule has 0 bridgehead atoms. The molecule has 2 aliphatic rings. The number of carbonyl (C=O) groups is 3. The molecule has 0 N–H and O–H groups in total. The van der Waals surface area contributed by atoms with Gasteiger partial charge in [0.15, 0.2) is 9.84 Å². The van der Waals surface area contributed by atoms with Gasteiger partial charge in [0.2, 0.25) is 5.91 Å². The van der Waals surface area contributed by atoms with Crippen molar-refractivity contribution in [3.8, 4) is 0 Å². The first-order valence-corrected chi connectivity index (χ1v) is 13.7. The number of cyclic esters (lactones) is 1. The molecule has 3 atom stereocenters. The molecular formula is C24H35N3O7S. The standard InChI is InChI=1S/C24H35N3O7S/c1-7-19(26-15-14-25(13-12-20(26)28)22(29)34-24(3,4)5)27-16(2)21(33-23(27)30)17-8-10-18(11-9-17)35(6,31)32/h8-11,16,19,21H,7,12-15H2,1-6H3. The van der Waals surface area contributed by atoms with Crippen molar-refractivity contribution in [3.63, 3.8) is 0 Å². The van der Waals surface area contributed by atoms with Crippen LogP contribution in [0.2, 0.25) is 0 Å². The highest BCUT2D eigenvalue weighted by Crippen LogP contribution is 2.35. The molecule has 0 aromatic heterocycles. The lowest BCUT2D eigenvalue weighted by molar-refractivity contribution is -0.136. The molecule has 0 spiro atoms. The Morgan fingerprint density at radius 3 is 2.31 bits per heavy atom. The van der Waals surface area contributed by atoms with Crippen LogP contribution in [0.4, 0.5) is 9.59 Å². The summed E-state index contributed by atoms with van der Waals surface area (Å²) in [6, 6.07) is 5.88. The number of benzene rings is 1. The molecule has 11 heteroatoms. The first-order valence-electron chi connectivity index (χ1n) is 11.8. The molecule has 3 rings (SSSR count). The van der Waals surface area contributed by atoms with E-state index < -0.39 is 45.9 Å². The highest BCUT2D eigenvalue weighted by atomic mass is 32.2. The lowest BCUT2D eigenvalue weighted by Crippen LogP contribution is -2.54. The van der Waals surface area contributed by atoms with E-state index in [9.17, 15) is 22.8 Å². The zero-order valence-corrected chi connectivity index (χ0v) is 22.0. The normalized spacial score (nSPS) is 22.6. The maximum absolute atomic E-state index is 13.0. The first kappa shape index (κ1) is 26.8. The van der Waals surface area contributed by atoms with Crippen LogP contribution < -0.4 is 0 Å². The van der Waals surface area contributed by atoms with Crippen molar-refractivity contribution in [2.75, 3.05) is 25.9 Å². The maximum Gasteiger partial charge on any atom is 0.412 e. The Kier molecular flexibility index (Phi) is 7.68. The van der Waals surface area contributed by atoms with Crippen LogP contribution in [0.1, 0.15) is 59.1 Å². The molecule has 2 fully saturated rings. The Labute approximate surface area is 207 Å². The van der Waals surface area contributed by atoms with Gasteiger partial charge in [0, 0.05) is 32.3 Å². The molecule has 10 nitrogen and oxygen atoms in total. The minimum atomic E-state index is -3.34. The number of ether oxygens (including phenoxy) is 2. The topological polar surface area (TPSA) is 114 Å². The van der Waals surface area contributed by atoms with Gasteiger partial charge >= 0.3 is 12.2 Å². The fourth-order valence-corrected chi connectivity index (χ4v) is 5.09. The van der Waals surface area contributed by atoms with E-state index in [1.807, 2.05) is 13.8 Å². The van der Waals surface area contributed by atoms with E-state index in [2.05, 4.69) is 0 Å². The van der Waals surface area contributed by atoms with Crippen molar-refractivity contribution >= 4 is 27.9 Å². The van der Waals surface area contributed by atoms with E-state index in [1.54, 1.807) is 42.7 Å². The predicted molar refractivity (Wildman–Crippen MR) is 128 cm³/mol. The van der Waals surface area contributed by atoms with E-state index in [0.29, 0.717) is 18.5 Å². The van der Waals surface area contributed by atoms with E-state index in [1.165, 1.54) is 17.0 Å². The third-order valence-corrected chi connectivity index (χ3v) is 7.31. The van der Waals surface area contributed by atoms with Crippen LogP contribution in [0.5, 0.6) is 0 Å². The van der Waals surface area contributed by atoms with Crippen LogP contribution in [0, 0.1) is 0 Å². The van der Waals surface area contributed by atoms with Gasteiger partial charge in [0.05, 0.1) is 10.9 Å². The van der Waals surface area contributed by atoms with E-state index in [4.69, 9.17) is 9.47 Å². The van der Waals surface area contributed by atoms with Gasteiger partial charge in [-0.05, 0) is 51.8 Å². The third-order valence-electron chi connectivity index (χ3n) is 6.18. The van der Waals surface area contributed by atoms with Crippen molar-refractivity contribution < 1.29 is 32.3 Å². The Hall–Kier alpha value is -2.82. The zero-order chi connectivity index (χ0) is 26.1. The highest BCUT2D eigenvalue weighted by Gasteiger charge is 2.46. The molecule has 3 amide bonds. The van der Waals surface area contributed by atoms with Crippen LogP contribution in [-0.4, -0.2) is 84.9 Å². The summed E-state index contributed by atoms with van der Waals surface area (Å²) in [6.07, 6.45) is -0.403. The molecule has 194 valence electrons. The van der Waals surface area contributed by atoms with E-state index >= 15 is 0 Å². The number of carbonyl (C=O) groups excluding carboxylic acids is 3. The maximum atomic E-state index is 13.0. The molecule has 2 aliphatic heterocycles. The minimum absolute atomic E-state index is 0.128. The second-order valence-electron chi connectivity index (χ2n) is 9.99. The summed E-state index contributed by atoms with van der Waals surface area (Å²) < 4.78 is 34.7. The summed E-state index contributed by atoms with van der Waals surface area (Å²) in [5, 5.41) is 0. The van der Waals surface area contributed by atoms with Gasteiger partial charge in [-0.25, -0.2) is 18.0 Å². The smallest absolute Gasteiger partial charge is 0.412 e. The molecule has 2 saturated heterocycles. The van der Waals surface area contributed by atoms with Crippen molar-refractivity contribution in [2.45, 2.75) is 76.3 Å². The molecular weight excluding hydrogens is 474 g/mol. The van der Waals surface area contributed by atoms with Gasteiger partial charge in [-0.2, -0.15) is 0 Å². The number of amides is 3. The number of rotatable bonds is 5. The average Bonchev–Trinajstić information content (AvgIpc) is 2.91. The number of hydrogen-bond acceptors (Lipinski definition) is 7. The summed E-state index contributed by atoms with van der Waals surface area (Å²) in [7, 11) is -3.34. The molecule has 0 saturated carbocycles. The molecule has 0 aliphatic carbocycles. The predicted octanol–water partition coefficient (Wildman–Crippen LogP) is 3.18. The number of hydrogen-bond donors (Lipinski definition) is 0. The molecule has 1 aromatic carbocycles. The van der Waals surface area contributed by atoms with Crippen molar-refractivity contribution in [1.82, 2.24) is 14.7 Å². The zero-order valence-electron chi connectivity index (χ0n) is 21.2. The van der Waals surface area contributed by atoms with Crippen LogP contribution >= 0.6 is 0 Å². The highest BCUT2D eigenvalue weighted by molar-refractivity contribution is 7.90. The molecule has 3 unspecified atom stereocenters. The monoisotopic (exact) mass is 509 g/mol. The fourth-order valence-electron chi connectivity index (χ4n) is 4.46. The lowest BCUT2D eigenvalue weighted by Gasteiger charge is -2.37. The molecule has 35 heavy (non-hydrogen) atoms. The Bertz CT molecular complexity index is 1070. The van der Waals surface area contributed by atoms with Gasteiger partial charge in [-0.3, -0.25) is 9.69 Å². The van der Waals surface area contributed by atoms with Gasteiger partial charge in [-0.15, -0.1) is 0 Å². The quantitative estimate of drug-likeness (QED) is 0.599. The van der Waals surface area contributed by atoms with Crippen LogP contribution in [0.3, 0.4) is 0 Å². The van der Waals surface area contributed by atoms with Crippen LogP contribution in [0.15, 0.2) is 29.2 Å². The molecule has 2 heterocycles. The van der Waals surface area contributed by atoms with Crippen LogP contribution in [0.25, 0.3) is 0 Å². The van der Waals surface area contributed by atoms with E-state index in [0.717, 1.165) is 6.26 Å². The van der Waals surface area contributed by atoms with Crippen molar-refractivity contribution in [2.24, 2.45) is 0 Å². The summed E-state index contributed by atoms with van der Waals surface area (Å²) in [6.45, 7) is 9.92. The summed E-state index contributed by atoms with van der Waals surface area (Å²) in [4.78, 5) is 43.4. The Morgan fingerprint density at radius 1 is 1.14 bits per heavy atom. The van der Waals surface area contributed by atoms with Gasteiger partial charge < -0.3 is 19.3 Å². The molecule has 0 radical (unpaired) electrons. The summed E-state index contributed by atoms with van der Waals surface area (Å²) >= 11 is 0. The minimum Gasteiger partial charge on any atom is -0.444 e. The van der Waals surface area contributed by atoms with Crippen molar-refractivity contribution in [1.29, 1.82) is 0 Å². The molecule has 1 aromatic rings. The van der Waals surface area contributed by atoms with Crippen LogP contribution in [-0.2, 0) is 24.1 Å². The van der Waals surface area contributed by atoms with Gasteiger partial charge in [0.25, 0.3) is 0 Å².